The smallest absolute Gasteiger partial charge is 0.186 e. The zero-order valence-corrected chi connectivity index (χ0v) is 17.7. The molecule has 0 aliphatic heterocycles. The number of Topliss-reactive ketones (excluding diaryl/α,β-unsaturated/α-hetero) is 1. The Morgan fingerprint density at radius 1 is 0.786 bits per heavy atom. The van der Waals surface area contributed by atoms with Crippen LogP contribution in [0.3, 0.4) is 0 Å². The van der Waals surface area contributed by atoms with Crippen molar-refractivity contribution in [1.29, 1.82) is 0 Å². The van der Waals surface area contributed by atoms with E-state index in [1.807, 2.05) is 36.7 Å². The molecule has 0 amide bonds. The monoisotopic (exact) mass is 371 g/mol. The van der Waals surface area contributed by atoms with Gasteiger partial charge in [-0.3, -0.25) is 9.79 Å². The standard InChI is InChI=1S/C26H29NO/c1-25(2,3)22-14-19(15-23(24(22)28)26(4,5)6)17-27-16-18-11-12-20-9-7-8-10-21(20)13-18/h7-17H,1-6H3. The molecule has 2 heteroatoms. The molecule has 0 radical (unpaired) electrons. The van der Waals surface area contributed by atoms with Gasteiger partial charge in [0.05, 0.1) is 0 Å². The van der Waals surface area contributed by atoms with E-state index in [1.54, 1.807) is 0 Å². The fourth-order valence-electron chi connectivity index (χ4n) is 3.34. The zero-order chi connectivity index (χ0) is 20.5. The van der Waals surface area contributed by atoms with Gasteiger partial charge in [0.1, 0.15) is 0 Å². The van der Waals surface area contributed by atoms with Crippen molar-refractivity contribution in [3.05, 3.63) is 83.1 Å². The van der Waals surface area contributed by atoms with Gasteiger partial charge in [0, 0.05) is 23.6 Å². The van der Waals surface area contributed by atoms with E-state index in [4.69, 9.17) is 0 Å². The minimum atomic E-state index is -0.205. The van der Waals surface area contributed by atoms with Crippen LogP contribution in [0, 0.1) is 10.8 Å². The second-order valence-electron chi connectivity index (χ2n) is 9.46. The molecule has 2 aromatic carbocycles. The van der Waals surface area contributed by atoms with Gasteiger partial charge in [-0.15, -0.1) is 0 Å². The first kappa shape index (κ1) is 20.0. The van der Waals surface area contributed by atoms with E-state index in [-0.39, 0.29) is 16.6 Å². The van der Waals surface area contributed by atoms with Gasteiger partial charge in [0.2, 0.25) is 0 Å². The quantitative estimate of drug-likeness (QED) is 0.542. The van der Waals surface area contributed by atoms with Crippen LogP contribution in [0.25, 0.3) is 10.8 Å². The number of carbonyl (C=O) groups is 1. The Bertz CT molecular complexity index is 998. The van der Waals surface area contributed by atoms with Crippen LogP contribution < -0.4 is 0 Å². The molecule has 144 valence electrons. The summed E-state index contributed by atoms with van der Waals surface area (Å²) >= 11 is 0. The van der Waals surface area contributed by atoms with Gasteiger partial charge in [-0.25, -0.2) is 0 Å². The lowest BCUT2D eigenvalue weighted by Crippen LogP contribution is -2.27. The van der Waals surface area contributed by atoms with E-state index in [0.29, 0.717) is 0 Å². The summed E-state index contributed by atoms with van der Waals surface area (Å²) in [5.74, 6) is 0.149. The van der Waals surface area contributed by atoms with Crippen molar-refractivity contribution in [3.63, 3.8) is 0 Å². The third-order valence-electron chi connectivity index (χ3n) is 4.95. The molecule has 0 saturated heterocycles. The molecule has 0 bridgehead atoms. The number of rotatable bonds is 2. The maximum Gasteiger partial charge on any atom is 0.186 e. The summed E-state index contributed by atoms with van der Waals surface area (Å²) in [4.78, 5) is 17.5. The van der Waals surface area contributed by atoms with Crippen LogP contribution >= 0.6 is 0 Å². The van der Waals surface area contributed by atoms with Gasteiger partial charge in [-0.05, 0) is 51.0 Å². The van der Waals surface area contributed by atoms with Crippen LogP contribution in [0.15, 0.2) is 82.5 Å². The molecule has 0 saturated carbocycles. The highest BCUT2D eigenvalue weighted by Crippen LogP contribution is 2.38. The molecular formula is C26H29NO. The van der Waals surface area contributed by atoms with Crippen LogP contribution in [0.1, 0.15) is 47.1 Å². The SMILES string of the molecule is CC(C)(C)C1=CC(=CN=Cc2ccc3ccccc3c2)C=C(C(C)(C)C)C1=O. The topological polar surface area (TPSA) is 29.4 Å². The number of allylic oxidation sites excluding steroid dienone is 5. The van der Waals surface area contributed by atoms with Crippen LogP contribution in [0.4, 0.5) is 0 Å². The molecule has 0 atom stereocenters. The van der Waals surface area contributed by atoms with E-state index >= 15 is 0 Å². The second kappa shape index (κ2) is 7.35. The van der Waals surface area contributed by atoms with E-state index in [9.17, 15) is 4.79 Å². The lowest BCUT2D eigenvalue weighted by Gasteiger charge is -2.31. The van der Waals surface area contributed by atoms with E-state index in [0.717, 1.165) is 22.3 Å². The Kier molecular flexibility index (Phi) is 5.25. The number of ketones is 1. The first-order chi connectivity index (χ1) is 13.1. The molecule has 1 aliphatic carbocycles. The van der Waals surface area contributed by atoms with Crippen LogP contribution in [0.5, 0.6) is 0 Å². The minimum absolute atomic E-state index is 0.149. The van der Waals surface area contributed by atoms with E-state index < -0.39 is 0 Å². The normalized spacial score (nSPS) is 15.8. The maximum atomic E-state index is 13.0. The Morgan fingerprint density at radius 2 is 1.36 bits per heavy atom. The third kappa shape index (κ3) is 4.39. The Morgan fingerprint density at radius 3 is 1.93 bits per heavy atom. The number of hydrogen-bond donors (Lipinski definition) is 0. The molecule has 1 aliphatic rings. The first-order valence-corrected chi connectivity index (χ1v) is 9.77. The lowest BCUT2D eigenvalue weighted by atomic mass is 9.72. The number of aliphatic imine (C=N–C) groups is 1. The van der Waals surface area contributed by atoms with Crippen molar-refractivity contribution in [2.75, 3.05) is 0 Å². The number of hydrogen-bond acceptors (Lipinski definition) is 2. The Balaban J connectivity index is 1.95. The summed E-state index contributed by atoms with van der Waals surface area (Å²) in [6, 6.07) is 14.6. The van der Waals surface area contributed by atoms with E-state index in [1.165, 1.54) is 10.8 Å². The van der Waals surface area contributed by atoms with Crippen LogP contribution in [-0.2, 0) is 4.79 Å². The largest absolute Gasteiger partial charge is 0.289 e. The predicted molar refractivity (Wildman–Crippen MR) is 120 cm³/mol. The van der Waals surface area contributed by atoms with Gasteiger partial charge < -0.3 is 0 Å². The van der Waals surface area contributed by atoms with Crippen molar-refractivity contribution >= 4 is 22.8 Å². The fourth-order valence-corrected chi connectivity index (χ4v) is 3.34. The lowest BCUT2D eigenvalue weighted by molar-refractivity contribution is -0.114. The average molecular weight is 372 g/mol. The molecular weight excluding hydrogens is 342 g/mol. The van der Waals surface area contributed by atoms with Gasteiger partial charge in [-0.2, -0.15) is 0 Å². The predicted octanol–water partition coefficient (Wildman–Crippen LogP) is 6.67. The van der Waals surface area contributed by atoms with Crippen molar-refractivity contribution in [2.45, 2.75) is 41.5 Å². The summed E-state index contributed by atoms with van der Waals surface area (Å²) in [6.45, 7) is 12.5. The second-order valence-corrected chi connectivity index (χ2v) is 9.46. The number of carbonyl (C=O) groups excluding carboxylic acids is 1. The van der Waals surface area contributed by atoms with Gasteiger partial charge in [0.25, 0.3) is 0 Å². The summed E-state index contributed by atoms with van der Waals surface area (Å²) in [6.07, 6.45) is 7.68. The summed E-state index contributed by atoms with van der Waals surface area (Å²) in [7, 11) is 0. The third-order valence-corrected chi connectivity index (χ3v) is 4.95. The highest BCUT2D eigenvalue weighted by Gasteiger charge is 2.33. The van der Waals surface area contributed by atoms with Gasteiger partial charge in [-0.1, -0.05) is 77.9 Å². The molecule has 2 nitrogen and oxygen atoms in total. The maximum absolute atomic E-state index is 13.0. The Labute approximate surface area is 168 Å². The highest BCUT2D eigenvalue weighted by molar-refractivity contribution is 6.11. The zero-order valence-electron chi connectivity index (χ0n) is 17.7. The summed E-state index contributed by atoms with van der Waals surface area (Å²) < 4.78 is 0. The highest BCUT2D eigenvalue weighted by atomic mass is 16.1. The van der Waals surface area contributed by atoms with Gasteiger partial charge >= 0.3 is 0 Å². The Hall–Kier alpha value is -2.74. The molecule has 0 aromatic heterocycles. The minimum Gasteiger partial charge on any atom is -0.289 e. The molecule has 0 unspecified atom stereocenters. The molecule has 0 N–H and O–H groups in total. The van der Waals surface area contributed by atoms with Crippen molar-refractivity contribution in [3.8, 4) is 0 Å². The molecule has 2 aromatic rings. The molecule has 3 rings (SSSR count). The van der Waals surface area contributed by atoms with Crippen LogP contribution in [-0.4, -0.2) is 12.0 Å². The van der Waals surface area contributed by atoms with Gasteiger partial charge in [0.15, 0.2) is 5.78 Å². The van der Waals surface area contributed by atoms with Crippen molar-refractivity contribution in [1.82, 2.24) is 0 Å². The number of benzene rings is 2. The molecule has 0 spiro atoms. The first-order valence-electron chi connectivity index (χ1n) is 9.77. The van der Waals surface area contributed by atoms with Crippen molar-refractivity contribution < 1.29 is 4.79 Å². The molecule has 0 heterocycles. The molecule has 28 heavy (non-hydrogen) atoms. The number of nitrogens with zero attached hydrogens (tertiary/aromatic N) is 1. The van der Waals surface area contributed by atoms with Crippen molar-refractivity contribution in [2.24, 2.45) is 15.8 Å². The number of fused-ring (bicyclic) bond motifs is 1. The average Bonchev–Trinajstić information content (AvgIpc) is 2.61. The molecule has 0 fully saturated rings. The summed E-state index contributed by atoms with van der Waals surface area (Å²) in [5.41, 5.74) is 3.29. The summed E-state index contributed by atoms with van der Waals surface area (Å²) in [5, 5.41) is 2.42. The van der Waals surface area contributed by atoms with Crippen LogP contribution in [0.2, 0.25) is 0 Å². The van der Waals surface area contributed by atoms with E-state index in [2.05, 4.69) is 76.9 Å². The fraction of sp³-hybridized carbons (Fsp3) is 0.308.